The maximum absolute atomic E-state index is 12.7. The number of rotatable bonds is 4. The number of carbonyl (C=O) groups is 4. The fraction of sp³-hybridized carbons (Fsp3) is 0.100. The Labute approximate surface area is 165 Å². The van der Waals surface area contributed by atoms with Gasteiger partial charge < -0.3 is 10.1 Å². The van der Waals surface area contributed by atoms with E-state index in [1.54, 1.807) is 54.6 Å². The van der Waals surface area contributed by atoms with Crippen LogP contribution in [0.5, 0.6) is 0 Å². The van der Waals surface area contributed by atoms with Crippen molar-refractivity contribution in [3.05, 3.63) is 64.6 Å². The summed E-state index contributed by atoms with van der Waals surface area (Å²) in [6.45, 7) is 1.40. The van der Waals surface area contributed by atoms with Gasteiger partial charge in [-0.25, -0.2) is 9.69 Å². The van der Waals surface area contributed by atoms with Gasteiger partial charge in [0.2, 0.25) is 5.91 Å². The first-order valence-corrected chi connectivity index (χ1v) is 9.04. The summed E-state index contributed by atoms with van der Waals surface area (Å²) in [5.74, 6) is -1.09. The van der Waals surface area contributed by atoms with Crippen molar-refractivity contribution in [1.82, 2.24) is 0 Å². The first kappa shape index (κ1) is 19.4. The van der Waals surface area contributed by atoms with Crippen LogP contribution in [-0.2, 0) is 14.3 Å². The van der Waals surface area contributed by atoms with Crippen molar-refractivity contribution in [2.24, 2.45) is 0 Å². The monoisotopic (exact) mass is 396 g/mol. The van der Waals surface area contributed by atoms with Crippen LogP contribution >= 0.6 is 11.8 Å². The molecule has 2 aromatic rings. The predicted octanol–water partition coefficient (Wildman–Crippen LogP) is 3.67. The topological polar surface area (TPSA) is 92.8 Å². The zero-order chi connectivity index (χ0) is 20.3. The molecule has 1 aliphatic heterocycles. The van der Waals surface area contributed by atoms with Gasteiger partial charge in [-0.15, -0.1) is 0 Å². The molecule has 1 saturated heterocycles. The SMILES string of the molecule is COC(=O)c1ccc(/C=C2\SC(=O)N(c3ccc(NC(C)=O)cc3)C2=O)cc1. The number of benzene rings is 2. The summed E-state index contributed by atoms with van der Waals surface area (Å²) in [5, 5.41) is 2.22. The third-order valence-corrected chi connectivity index (χ3v) is 4.74. The van der Waals surface area contributed by atoms with Gasteiger partial charge in [-0.2, -0.15) is 0 Å². The molecule has 0 spiro atoms. The Morgan fingerprint density at radius 2 is 1.68 bits per heavy atom. The van der Waals surface area contributed by atoms with Crippen LogP contribution in [0.3, 0.4) is 0 Å². The van der Waals surface area contributed by atoms with E-state index in [1.807, 2.05) is 0 Å². The average Bonchev–Trinajstić information content (AvgIpc) is 2.95. The number of nitrogens with zero attached hydrogens (tertiary/aromatic N) is 1. The van der Waals surface area contributed by atoms with Crippen molar-refractivity contribution in [2.45, 2.75) is 6.92 Å². The Kier molecular flexibility index (Phi) is 5.60. The molecule has 3 rings (SSSR count). The molecule has 1 heterocycles. The molecule has 28 heavy (non-hydrogen) atoms. The minimum Gasteiger partial charge on any atom is -0.465 e. The van der Waals surface area contributed by atoms with Crippen molar-refractivity contribution in [3.63, 3.8) is 0 Å². The quantitative estimate of drug-likeness (QED) is 0.626. The Balaban J connectivity index is 1.80. The fourth-order valence-corrected chi connectivity index (χ4v) is 3.41. The maximum Gasteiger partial charge on any atom is 0.337 e. The highest BCUT2D eigenvalue weighted by atomic mass is 32.2. The molecule has 0 unspecified atom stereocenters. The van der Waals surface area contributed by atoms with Gasteiger partial charge >= 0.3 is 5.97 Å². The largest absolute Gasteiger partial charge is 0.465 e. The fourth-order valence-electron chi connectivity index (χ4n) is 2.57. The molecule has 0 saturated carbocycles. The van der Waals surface area contributed by atoms with Crippen LogP contribution in [0.25, 0.3) is 6.08 Å². The zero-order valence-corrected chi connectivity index (χ0v) is 15.9. The number of ether oxygens (including phenoxy) is 1. The molecular weight excluding hydrogens is 380 g/mol. The van der Waals surface area contributed by atoms with E-state index in [0.29, 0.717) is 22.5 Å². The van der Waals surface area contributed by atoms with E-state index in [0.717, 1.165) is 16.7 Å². The molecule has 0 aromatic heterocycles. The average molecular weight is 396 g/mol. The van der Waals surface area contributed by atoms with E-state index in [-0.39, 0.29) is 10.8 Å². The number of methoxy groups -OCH3 is 1. The minimum atomic E-state index is -0.449. The lowest BCUT2D eigenvalue weighted by Crippen LogP contribution is -2.27. The first-order chi connectivity index (χ1) is 13.4. The predicted molar refractivity (Wildman–Crippen MR) is 107 cm³/mol. The second-order valence-corrected chi connectivity index (χ2v) is 6.85. The second kappa shape index (κ2) is 8.10. The number of anilines is 2. The molecule has 0 radical (unpaired) electrons. The molecule has 8 heteroatoms. The van der Waals surface area contributed by atoms with Crippen molar-refractivity contribution < 1.29 is 23.9 Å². The normalized spacial score (nSPS) is 15.1. The van der Waals surface area contributed by atoms with Crippen LogP contribution in [0.4, 0.5) is 16.2 Å². The Morgan fingerprint density at radius 1 is 1.04 bits per heavy atom. The summed E-state index contributed by atoms with van der Waals surface area (Å²) in [6, 6.07) is 12.9. The van der Waals surface area contributed by atoms with Crippen molar-refractivity contribution in [3.8, 4) is 0 Å². The van der Waals surface area contributed by atoms with Crippen LogP contribution in [-0.4, -0.2) is 30.1 Å². The summed E-state index contributed by atoms with van der Waals surface area (Å²) < 4.78 is 4.65. The smallest absolute Gasteiger partial charge is 0.337 e. The highest BCUT2D eigenvalue weighted by Gasteiger charge is 2.36. The molecule has 1 aliphatic rings. The zero-order valence-electron chi connectivity index (χ0n) is 15.1. The van der Waals surface area contributed by atoms with Crippen LogP contribution in [0, 0.1) is 0 Å². The van der Waals surface area contributed by atoms with Gasteiger partial charge in [0.05, 0.1) is 23.3 Å². The van der Waals surface area contributed by atoms with E-state index in [2.05, 4.69) is 10.1 Å². The molecule has 3 amide bonds. The van der Waals surface area contributed by atoms with Crippen molar-refractivity contribution >= 4 is 52.2 Å². The van der Waals surface area contributed by atoms with Gasteiger partial charge in [-0.3, -0.25) is 14.4 Å². The van der Waals surface area contributed by atoms with Crippen molar-refractivity contribution in [1.29, 1.82) is 0 Å². The first-order valence-electron chi connectivity index (χ1n) is 8.23. The number of hydrogen-bond donors (Lipinski definition) is 1. The lowest BCUT2D eigenvalue weighted by molar-refractivity contribution is -0.114. The minimum absolute atomic E-state index is 0.208. The van der Waals surface area contributed by atoms with Crippen LogP contribution < -0.4 is 10.2 Å². The molecule has 142 valence electrons. The summed E-state index contributed by atoms with van der Waals surface area (Å²) >= 11 is 0.838. The molecule has 0 bridgehead atoms. The van der Waals surface area contributed by atoms with E-state index >= 15 is 0 Å². The molecule has 7 nitrogen and oxygen atoms in total. The highest BCUT2D eigenvalue weighted by molar-refractivity contribution is 8.19. The van der Waals surface area contributed by atoms with Crippen LogP contribution in [0.1, 0.15) is 22.8 Å². The summed E-state index contributed by atoms with van der Waals surface area (Å²) in [6.07, 6.45) is 1.59. The van der Waals surface area contributed by atoms with Crippen LogP contribution in [0.15, 0.2) is 53.4 Å². The second-order valence-electron chi connectivity index (χ2n) is 5.86. The lowest BCUT2D eigenvalue weighted by Gasteiger charge is -2.13. The van der Waals surface area contributed by atoms with Gasteiger partial charge in [0.1, 0.15) is 0 Å². The molecular formula is C20H16N2O5S. The molecule has 1 fully saturated rings. The molecule has 0 aliphatic carbocycles. The van der Waals surface area contributed by atoms with E-state index in [1.165, 1.54) is 14.0 Å². The third-order valence-electron chi connectivity index (χ3n) is 3.87. The molecule has 2 aromatic carbocycles. The van der Waals surface area contributed by atoms with Crippen LogP contribution in [0.2, 0.25) is 0 Å². The van der Waals surface area contributed by atoms with Gasteiger partial charge in [0.25, 0.3) is 11.1 Å². The Hall–Kier alpha value is -3.39. The standard InChI is InChI=1S/C20H16N2O5S/c1-12(23)21-15-7-9-16(10-8-15)22-18(24)17(28-20(22)26)11-13-3-5-14(6-4-13)19(25)27-2/h3-11H,1-2H3,(H,21,23)/b17-11-. The van der Waals surface area contributed by atoms with Gasteiger partial charge in [-0.1, -0.05) is 12.1 Å². The van der Waals surface area contributed by atoms with Gasteiger partial charge in [0.15, 0.2) is 0 Å². The van der Waals surface area contributed by atoms with E-state index in [4.69, 9.17) is 0 Å². The Bertz CT molecular complexity index is 981. The summed E-state index contributed by atoms with van der Waals surface area (Å²) in [4.78, 5) is 48.9. The van der Waals surface area contributed by atoms with E-state index < -0.39 is 17.1 Å². The number of amides is 3. The number of thioether (sulfide) groups is 1. The molecule has 1 N–H and O–H groups in total. The summed E-state index contributed by atoms with van der Waals surface area (Å²) in [5.41, 5.74) is 2.07. The van der Waals surface area contributed by atoms with Gasteiger partial charge in [-0.05, 0) is 59.8 Å². The number of hydrogen-bond acceptors (Lipinski definition) is 6. The highest BCUT2D eigenvalue weighted by Crippen LogP contribution is 2.36. The number of carbonyl (C=O) groups excluding carboxylic acids is 4. The summed E-state index contributed by atoms with van der Waals surface area (Å²) in [7, 11) is 1.30. The molecule has 0 atom stereocenters. The Morgan fingerprint density at radius 3 is 2.25 bits per heavy atom. The van der Waals surface area contributed by atoms with Crippen molar-refractivity contribution in [2.75, 3.05) is 17.3 Å². The third kappa shape index (κ3) is 4.12. The number of imide groups is 1. The van der Waals surface area contributed by atoms with Gasteiger partial charge in [0, 0.05) is 12.6 Å². The number of nitrogens with one attached hydrogen (secondary N) is 1. The van der Waals surface area contributed by atoms with E-state index in [9.17, 15) is 19.2 Å². The maximum atomic E-state index is 12.7. The lowest BCUT2D eigenvalue weighted by atomic mass is 10.1. The number of esters is 1.